The van der Waals surface area contributed by atoms with Gasteiger partial charge in [-0.05, 0) is 51.0 Å². The highest BCUT2D eigenvalue weighted by molar-refractivity contribution is 5.83. The second kappa shape index (κ2) is 7.77. The van der Waals surface area contributed by atoms with Crippen LogP contribution < -0.4 is 0 Å². The lowest BCUT2D eigenvalue weighted by Crippen LogP contribution is -2.23. The Labute approximate surface area is 130 Å². The highest BCUT2D eigenvalue weighted by Gasteiger charge is 2.25. The molecule has 1 aromatic rings. The lowest BCUT2D eigenvalue weighted by molar-refractivity contribution is -0.123. The number of carbonyl (C=O) groups is 1. The van der Waals surface area contributed by atoms with Gasteiger partial charge in [-0.1, -0.05) is 55.5 Å². The largest absolute Gasteiger partial charge is 0.299 e. The Bertz CT molecular complexity index is 446. The maximum Gasteiger partial charge on any atom is 0.140 e. The van der Waals surface area contributed by atoms with Crippen molar-refractivity contribution in [3.63, 3.8) is 0 Å². The van der Waals surface area contributed by atoms with E-state index in [9.17, 15) is 4.79 Å². The number of benzene rings is 1. The molecule has 0 N–H and O–H groups in total. The Kier molecular flexibility index (Phi) is 6.02. The van der Waals surface area contributed by atoms with E-state index in [0.717, 1.165) is 18.8 Å². The number of hydrogen-bond acceptors (Lipinski definition) is 1. The molecule has 0 bridgehead atoms. The minimum absolute atomic E-state index is 0.323. The van der Waals surface area contributed by atoms with Crippen molar-refractivity contribution in [2.45, 2.75) is 72.1 Å². The first-order valence-electron chi connectivity index (χ1n) is 8.68. The van der Waals surface area contributed by atoms with E-state index in [-0.39, 0.29) is 0 Å². The van der Waals surface area contributed by atoms with Crippen molar-refractivity contribution in [2.24, 2.45) is 11.8 Å². The predicted molar refractivity (Wildman–Crippen MR) is 89.6 cm³/mol. The third kappa shape index (κ3) is 4.98. The molecule has 0 aliphatic heterocycles. The van der Waals surface area contributed by atoms with Crippen LogP contribution >= 0.6 is 0 Å². The summed E-state index contributed by atoms with van der Waals surface area (Å²) in [5, 5.41) is 0. The molecule has 1 aliphatic carbocycles. The van der Waals surface area contributed by atoms with Crippen LogP contribution in [-0.4, -0.2) is 5.78 Å². The van der Waals surface area contributed by atoms with Gasteiger partial charge in [0.25, 0.3) is 0 Å². The molecule has 1 fully saturated rings. The fourth-order valence-electron chi connectivity index (χ4n) is 3.78. The van der Waals surface area contributed by atoms with Crippen LogP contribution in [0.5, 0.6) is 0 Å². The molecular weight excluding hydrogens is 256 g/mol. The van der Waals surface area contributed by atoms with Crippen LogP contribution in [0.25, 0.3) is 0 Å². The third-order valence-electron chi connectivity index (χ3n) is 4.93. The van der Waals surface area contributed by atoms with Crippen LogP contribution in [0.15, 0.2) is 18.2 Å². The predicted octanol–water partition coefficient (Wildman–Crippen LogP) is 5.41. The summed E-state index contributed by atoms with van der Waals surface area (Å²) < 4.78 is 0. The zero-order valence-corrected chi connectivity index (χ0v) is 14.0. The SMILES string of the molecule is CCCCC1CCC(C(=O)Cc2cc(C)cc(C)c2)CC1. The average Bonchev–Trinajstić information content (AvgIpc) is 2.44. The topological polar surface area (TPSA) is 17.1 Å². The van der Waals surface area contributed by atoms with Crippen LogP contribution in [-0.2, 0) is 11.2 Å². The first-order chi connectivity index (χ1) is 10.1. The van der Waals surface area contributed by atoms with Gasteiger partial charge in [0, 0.05) is 12.3 Å². The van der Waals surface area contributed by atoms with E-state index < -0.39 is 0 Å². The molecule has 2 rings (SSSR count). The third-order valence-corrected chi connectivity index (χ3v) is 4.93. The Morgan fingerprint density at radius 3 is 2.24 bits per heavy atom. The van der Waals surface area contributed by atoms with Gasteiger partial charge in [-0.3, -0.25) is 4.79 Å². The number of carbonyl (C=O) groups excluding carboxylic acids is 1. The fraction of sp³-hybridized carbons (Fsp3) is 0.650. The zero-order chi connectivity index (χ0) is 15.2. The molecule has 116 valence electrons. The smallest absolute Gasteiger partial charge is 0.140 e. The molecular formula is C20H30O. The van der Waals surface area contributed by atoms with Crippen molar-refractivity contribution in [3.8, 4) is 0 Å². The van der Waals surface area contributed by atoms with E-state index in [2.05, 4.69) is 39.0 Å². The first-order valence-corrected chi connectivity index (χ1v) is 8.68. The highest BCUT2D eigenvalue weighted by atomic mass is 16.1. The van der Waals surface area contributed by atoms with E-state index in [1.807, 2.05) is 0 Å². The van der Waals surface area contributed by atoms with Gasteiger partial charge in [0.05, 0.1) is 0 Å². The van der Waals surface area contributed by atoms with Gasteiger partial charge < -0.3 is 0 Å². The second-order valence-corrected chi connectivity index (χ2v) is 7.00. The normalized spacial score (nSPS) is 22.2. The van der Waals surface area contributed by atoms with Crippen LogP contribution in [0.3, 0.4) is 0 Å². The molecule has 1 heteroatoms. The first kappa shape index (κ1) is 16.3. The van der Waals surface area contributed by atoms with E-state index in [0.29, 0.717) is 18.1 Å². The quantitative estimate of drug-likeness (QED) is 0.683. The molecule has 1 nitrogen and oxygen atoms in total. The lowest BCUT2D eigenvalue weighted by atomic mass is 9.77. The zero-order valence-electron chi connectivity index (χ0n) is 14.0. The van der Waals surface area contributed by atoms with Crippen molar-refractivity contribution in [2.75, 3.05) is 0 Å². The average molecular weight is 286 g/mol. The Hall–Kier alpha value is -1.11. The standard InChI is InChI=1S/C20H30O/c1-4-5-6-17-7-9-19(10-8-17)20(21)14-18-12-15(2)11-16(3)13-18/h11-13,17,19H,4-10,14H2,1-3H3. The van der Waals surface area contributed by atoms with E-state index in [1.54, 1.807) is 0 Å². The van der Waals surface area contributed by atoms with Gasteiger partial charge in [0.1, 0.15) is 5.78 Å². The number of rotatable bonds is 6. The number of Topliss-reactive ketones (excluding diaryl/α,β-unsaturated/α-hetero) is 1. The summed E-state index contributed by atoms with van der Waals surface area (Å²) in [5.74, 6) is 1.67. The lowest BCUT2D eigenvalue weighted by Gasteiger charge is -2.27. The number of hydrogen-bond donors (Lipinski definition) is 0. The Balaban J connectivity index is 1.84. The summed E-state index contributed by atoms with van der Waals surface area (Å²) in [5.41, 5.74) is 3.73. The van der Waals surface area contributed by atoms with Gasteiger partial charge in [-0.25, -0.2) is 0 Å². The van der Waals surface area contributed by atoms with Crippen LogP contribution in [0.4, 0.5) is 0 Å². The van der Waals surface area contributed by atoms with Crippen molar-refractivity contribution in [1.29, 1.82) is 0 Å². The highest BCUT2D eigenvalue weighted by Crippen LogP contribution is 2.33. The number of aryl methyl sites for hydroxylation is 2. The Morgan fingerprint density at radius 2 is 1.67 bits per heavy atom. The summed E-state index contributed by atoms with van der Waals surface area (Å²) >= 11 is 0. The van der Waals surface area contributed by atoms with E-state index in [4.69, 9.17) is 0 Å². The van der Waals surface area contributed by atoms with Crippen LogP contribution in [0.2, 0.25) is 0 Å². The van der Waals surface area contributed by atoms with Crippen molar-refractivity contribution in [3.05, 3.63) is 34.9 Å². The molecule has 0 atom stereocenters. The Morgan fingerprint density at radius 1 is 1.05 bits per heavy atom. The monoisotopic (exact) mass is 286 g/mol. The fourth-order valence-corrected chi connectivity index (χ4v) is 3.78. The summed E-state index contributed by atoms with van der Waals surface area (Å²) in [4.78, 5) is 12.5. The van der Waals surface area contributed by atoms with Crippen LogP contribution in [0, 0.1) is 25.7 Å². The maximum atomic E-state index is 12.5. The summed E-state index contributed by atoms with van der Waals surface area (Å²) in [7, 11) is 0. The second-order valence-electron chi connectivity index (χ2n) is 7.00. The molecule has 0 aromatic heterocycles. The van der Waals surface area contributed by atoms with E-state index in [1.165, 1.54) is 48.8 Å². The molecule has 0 spiro atoms. The molecule has 1 saturated carbocycles. The number of unbranched alkanes of at least 4 members (excludes halogenated alkanes) is 1. The maximum absolute atomic E-state index is 12.5. The molecule has 0 saturated heterocycles. The van der Waals surface area contributed by atoms with Gasteiger partial charge >= 0.3 is 0 Å². The minimum Gasteiger partial charge on any atom is -0.299 e. The molecule has 1 aromatic carbocycles. The molecule has 0 unspecified atom stereocenters. The minimum atomic E-state index is 0.323. The van der Waals surface area contributed by atoms with Gasteiger partial charge in [0.15, 0.2) is 0 Å². The van der Waals surface area contributed by atoms with Crippen LogP contribution in [0.1, 0.15) is 68.6 Å². The molecule has 0 heterocycles. The molecule has 1 aliphatic rings. The summed E-state index contributed by atoms with van der Waals surface area (Å²) in [6, 6.07) is 6.50. The van der Waals surface area contributed by atoms with Crippen molar-refractivity contribution in [1.82, 2.24) is 0 Å². The number of ketones is 1. The van der Waals surface area contributed by atoms with Crippen molar-refractivity contribution < 1.29 is 4.79 Å². The van der Waals surface area contributed by atoms with Gasteiger partial charge in [0.2, 0.25) is 0 Å². The molecule has 0 radical (unpaired) electrons. The van der Waals surface area contributed by atoms with E-state index >= 15 is 0 Å². The van der Waals surface area contributed by atoms with Crippen molar-refractivity contribution >= 4 is 5.78 Å². The summed E-state index contributed by atoms with van der Waals surface area (Å²) in [6.07, 6.45) is 9.43. The van der Waals surface area contributed by atoms with Gasteiger partial charge in [-0.15, -0.1) is 0 Å². The summed E-state index contributed by atoms with van der Waals surface area (Å²) in [6.45, 7) is 6.48. The molecule has 21 heavy (non-hydrogen) atoms. The van der Waals surface area contributed by atoms with Gasteiger partial charge in [-0.2, -0.15) is 0 Å². The molecule has 0 amide bonds.